The molecule has 7 nitrogen and oxygen atoms in total. The maximum absolute atomic E-state index is 12.5. The van der Waals surface area contributed by atoms with E-state index in [1.165, 1.54) is 23.7 Å². The van der Waals surface area contributed by atoms with Crippen LogP contribution in [0.5, 0.6) is 5.75 Å². The smallest absolute Gasteiger partial charge is 0.413 e. The second kappa shape index (κ2) is 15.9. The molecule has 0 spiro atoms. The summed E-state index contributed by atoms with van der Waals surface area (Å²) < 4.78 is 10.3. The van der Waals surface area contributed by atoms with Crippen LogP contribution in [-0.4, -0.2) is 47.9 Å². The molecule has 1 amide bonds. The molecule has 3 N–H and O–H groups in total. The van der Waals surface area contributed by atoms with Gasteiger partial charge in [0.05, 0.1) is 18.4 Å². The Morgan fingerprint density at radius 2 is 1.45 bits per heavy atom. The molecule has 0 aliphatic carbocycles. The van der Waals surface area contributed by atoms with Crippen LogP contribution in [0.15, 0.2) is 114 Å². The third-order valence-corrected chi connectivity index (χ3v) is 7.33. The number of amides is 1. The normalized spacial score (nSPS) is 13.0. The Morgan fingerprint density at radius 3 is 2.00 bits per heavy atom. The van der Waals surface area contributed by atoms with Crippen LogP contribution in [0.1, 0.15) is 37.0 Å². The van der Waals surface area contributed by atoms with Crippen molar-refractivity contribution in [2.75, 3.05) is 19.6 Å². The van der Waals surface area contributed by atoms with Crippen molar-refractivity contribution in [1.29, 1.82) is 0 Å². The summed E-state index contributed by atoms with van der Waals surface area (Å²) in [5, 5.41) is 17.4. The predicted molar refractivity (Wildman–Crippen MR) is 166 cm³/mol. The van der Waals surface area contributed by atoms with Crippen molar-refractivity contribution in [2.45, 2.75) is 51.9 Å². The molecule has 0 radical (unpaired) electrons. The van der Waals surface area contributed by atoms with Gasteiger partial charge in [-0.25, -0.2) is 4.79 Å². The number of carbonyl (C=O) groups excluding carboxylic acids is 1. The summed E-state index contributed by atoms with van der Waals surface area (Å²) in [5.74, 6) is 0.314. The number of hydrogen-bond donors (Lipinski definition) is 3. The number of benzene rings is 3. The van der Waals surface area contributed by atoms with Crippen molar-refractivity contribution in [3.63, 3.8) is 0 Å². The molecule has 0 bridgehead atoms. The lowest BCUT2D eigenvalue weighted by molar-refractivity contribution is 0.114. The average Bonchev–Trinajstić information content (AvgIpc) is 3.50. The van der Waals surface area contributed by atoms with Gasteiger partial charge < -0.3 is 24.9 Å². The van der Waals surface area contributed by atoms with Gasteiger partial charge in [0.2, 0.25) is 0 Å². The SMILES string of the molecule is CC(C)(CCN(Cc1ccccc1)Cc1ccccc1)CNC[C@H](O)[C@H](Cc1ccccc1)NC(=O)Oc1ccoc1. The van der Waals surface area contributed by atoms with E-state index < -0.39 is 18.2 Å². The molecule has 1 heterocycles. The Kier molecular flexibility index (Phi) is 11.8. The number of nitrogens with zero attached hydrogens (tertiary/aromatic N) is 1. The Bertz CT molecular complexity index is 1260. The van der Waals surface area contributed by atoms with Crippen LogP contribution < -0.4 is 15.4 Å². The molecule has 0 saturated heterocycles. The second-order valence-corrected chi connectivity index (χ2v) is 11.6. The summed E-state index contributed by atoms with van der Waals surface area (Å²) >= 11 is 0. The molecular formula is C35H43N3O4. The molecule has 0 saturated carbocycles. The van der Waals surface area contributed by atoms with Crippen LogP contribution in [-0.2, 0) is 19.5 Å². The molecule has 1 aromatic heterocycles. The Labute approximate surface area is 249 Å². The van der Waals surface area contributed by atoms with E-state index >= 15 is 0 Å². The lowest BCUT2D eigenvalue weighted by Gasteiger charge is -2.31. The molecule has 0 fully saturated rings. The van der Waals surface area contributed by atoms with Gasteiger partial charge in [-0.1, -0.05) is 105 Å². The van der Waals surface area contributed by atoms with Crippen LogP contribution in [0, 0.1) is 5.41 Å². The van der Waals surface area contributed by atoms with Gasteiger partial charge >= 0.3 is 6.09 Å². The van der Waals surface area contributed by atoms with E-state index in [-0.39, 0.29) is 5.41 Å². The van der Waals surface area contributed by atoms with Crippen molar-refractivity contribution in [3.05, 3.63) is 126 Å². The molecule has 7 heteroatoms. The number of rotatable bonds is 16. The predicted octanol–water partition coefficient (Wildman–Crippen LogP) is 6.05. The largest absolute Gasteiger partial charge is 0.469 e. The minimum Gasteiger partial charge on any atom is -0.469 e. The van der Waals surface area contributed by atoms with E-state index in [0.717, 1.165) is 38.2 Å². The molecule has 42 heavy (non-hydrogen) atoms. The van der Waals surface area contributed by atoms with Crippen LogP contribution in [0.4, 0.5) is 4.79 Å². The minimum absolute atomic E-state index is 0.00604. The average molecular weight is 570 g/mol. The zero-order chi connectivity index (χ0) is 29.6. The van der Waals surface area contributed by atoms with Crippen molar-refractivity contribution in [2.24, 2.45) is 5.41 Å². The second-order valence-electron chi connectivity index (χ2n) is 11.6. The number of aliphatic hydroxyl groups is 1. The maximum Gasteiger partial charge on any atom is 0.413 e. The Morgan fingerprint density at radius 1 is 0.881 bits per heavy atom. The Hall–Kier alpha value is -3.91. The van der Waals surface area contributed by atoms with Gasteiger partial charge in [0, 0.05) is 32.2 Å². The molecule has 4 rings (SSSR count). The van der Waals surface area contributed by atoms with Crippen LogP contribution in [0.3, 0.4) is 0 Å². The lowest BCUT2D eigenvalue weighted by Crippen LogP contribution is -2.50. The molecule has 0 aliphatic heterocycles. The van der Waals surface area contributed by atoms with Gasteiger partial charge in [0.25, 0.3) is 0 Å². The van der Waals surface area contributed by atoms with E-state index in [9.17, 15) is 9.90 Å². The molecule has 2 atom stereocenters. The zero-order valence-corrected chi connectivity index (χ0v) is 24.6. The van der Waals surface area contributed by atoms with Gasteiger partial charge in [0.15, 0.2) is 5.75 Å². The first-order valence-corrected chi connectivity index (χ1v) is 14.6. The molecular weight excluding hydrogens is 526 g/mol. The third kappa shape index (κ3) is 10.8. The summed E-state index contributed by atoms with van der Waals surface area (Å²) in [7, 11) is 0. The third-order valence-electron chi connectivity index (χ3n) is 7.33. The van der Waals surface area contributed by atoms with Gasteiger partial charge in [-0.15, -0.1) is 0 Å². The van der Waals surface area contributed by atoms with Crippen LogP contribution in [0.2, 0.25) is 0 Å². The molecule has 0 unspecified atom stereocenters. The first kappa shape index (κ1) is 31.0. The fourth-order valence-electron chi connectivity index (χ4n) is 4.90. The van der Waals surface area contributed by atoms with Crippen molar-refractivity contribution in [1.82, 2.24) is 15.5 Å². The minimum atomic E-state index is -0.814. The van der Waals surface area contributed by atoms with Gasteiger partial charge in [-0.05, 0) is 41.5 Å². The fraction of sp³-hybridized carbons (Fsp3) is 0.343. The lowest BCUT2D eigenvalue weighted by atomic mass is 9.88. The quantitative estimate of drug-likeness (QED) is 0.152. The van der Waals surface area contributed by atoms with Crippen LogP contribution >= 0.6 is 0 Å². The van der Waals surface area contributed by atoms with E-state index in [1.54, 1.807) is 6.07 Å². The number of hydrogen-bond acceptors (Lipinski definition) is 6. The van der Waals surface area contributed by atoms with Gasteiger partial charge in [-0.3, -0.25) is 4.90 Å². The van der Waals surface area contributed by atoms with E-state index in [0.29, 0.717) is 18.7 Å². The first-order chi connectivity index (χ1) is 20.4. The highest BCUT2D eigenvalue weighted by atomic mass is 16.6. The molecule has 0 aliphatic rings. The molecule has 4 aromatic rings. The van der Waals surface area contributed by atoms with Crippen molar-refractivity contribution in [3.8, 4) is 5.75 Å². The Balaban J connectivity index is 1.30. The summed E-state index contributed by atoms with van der Waals surface area (Å²) in [5.41, 5.74) is 3.61. The summed E-state index contributed by atoms with van der Waals surface area (Å²) in [4.78, 5) is 15.0. The van der Waals surface area contributed by atoms with Gasteiger partial charge in [0.1, 0.15) is 6.26 Å². The first-order valence-electron chi connectivity index (χ1n) is 14.6. The van der Waals surface area contributed by atoms with E-state index in [1.807, 2.05) is 30.3 Å². The highest BCUT2D eigenvalue weighted by Gasteiger charge is 2.25. The number of carbonyl (C=O) groups is 1. The standard InChI is InChI=1S/C35H43N3O4/c1-35(2,19-20-38(24-29-14-8-4-9-15-29)25-30-16-10-5-11-17-30)27-36-23-33(39)32(22-28-12-6-3-7-13-28)37-34(40)42-31-18-21-41-26-31/h3-18,21,26,32-33,36,39H,19-20,22-25,27H2,1-2H3,(H,37,40)/t32-,33-/m0/s1. The fourth-order valence-corrected chi connectivity index (χ4v) is 4.90. The maximum atomic E-state index is 12.5. The molecule has 222 valence electrons. The highest BCUT2D eigenvalue weighted by molar-refractivity contribution is 5.70. The molecule has 3 aromatic carbocycles. The summed E-state index contributed by atoms with van der Waals surface area (Å²) in [6.45, 7) is 8.28. The number of ether oxygens (including phenoxy) is 1. The van der Waals surface area contributed by atoms with Gasteiger partial charge in [-0.2, -0.15) is 0 Å². The number of nitrogens with one attached hydrogen (secondary N) is 2. The topological polar surface area (TPSA) is 87.0 Å². The zero-order valence-electron chi connectivity index (χ0n) is 24.6. The number of furan rings is 1. The highest BCUT2D eigenvalue weighted by Crippen LogP contribution is 2.22. The summed E-state index contributed by atoms with van der Waals surface area (Å²) in [6.07, 6.45) is 2.80. The van der Waals surface area contributed by atoms with Crippen LogP contribution in [0.25, 0.3) is 0 Å². The van der Waals surface area contributed by atoms with Crippen molar-refractivity contribution >= 4 is 6.09 Å². The monoisotopic (exact) mass is 569 g/mol. The van der Waals surface area contributed by atoms with Crippen molar-refractivity contribution < 1.29 is 19.1 Å². The summed E-state index contributed by atoms with van der Waals surface area (Å²) in [6, 6.07) is 32.0. The van der Waals surface area contributed by atoms with E-state index in [4.69, 9.17) is 9.15 Å². The van der Waals surface area contributed by atoms with E-state index in [2.05, 4.69) is 90.0 Å². The number of aliphatic hydroxyl groups excluding tert-OH is 1.